The van der Waals surface area contributed by atoms with Gasteiger partial charge in [0.1, 0.15) is 11.6 Å². The highest BCUT2D eigenvalue weighted by atomic mass is 35.5. The van der Waals surface area contributed by atoms with Crippen LogP contribution in [0.4, 0.5) is 4.39 Å². The van der Waals surface area contributed by atoms with Gasteiger partial charge in [-0.25, -0.2) is 4.39 Å². The molecule has 0 aliphatic heterocycles. The first-order valence-electron chi connectivity index (χ1n) is 4.78. The third-order valence-corrected chi connectivity index (χ3v) is 2.19. The molecule has 0 saturated heterocycles. The second-order valence-corrected chi connectivity index (χ2v) is 3.28. The predicted molar refractivity (Wildman–Crippen MR) is 62.0 cm³/mol. The molecule has 0 radical (unpaired) electrons. The van der Waals surface area contributed by atoms with Gasteiger partial charge < -0.3 is 10.5 Å². The van der Waals surface area contributed by atoms with Gasteiger partial charge in [-0.2, -0.15) is 0 Å². The lowest BCUT2D eigenvalue weighted by atomic mass is 10.0. The summed E-state index contributed by atoms with van der Waals surface area (Å²) in [6.45, 7) is 2.05. The Balaban J connectivity index is 0.00000196. The summed E-state index contributed by atoms with van der Waals surface area (Å²) in [5, 5.41) is 0. The number of benzene rings is 1. The van der Waals surface area contributed by atoms with Gasteiger partial charge in [0.25, 0.3) is 0 Å². The van der Waals surface area contributed by atoms with Crippen molar-refractivity contribution in [2.24, 2.45) is 5.73 Å². The Labute approximate surface area is 96.0 Å². The van der Waals surface area contributed by atoms with Crippen molar-refractivity contribution in [2.75, 3.05) is 7.11 Å². The van der Waals surface area contributed by atoms with Crippen LogP contribution >= 0.6 is 12.4 Å². The van der Waals surface area contributed by atoms with Crippen LogP contribution in [0.3, 0.4) is 0 Å². The number of ether oxygens (including phenoxy) is 1. The van der Waals surface area contributed by atoms with Gasteiger partial charge in [0.05, 0.1) is 7.11 Å². The smallest absolute Gasteiger partial charge is 0.123 e. The summed E-state index contributed by atoms with van der Waals surface area (Å²) in [6, 6.07) is 4.28. The van der Waals surface area contributed by atoms with E-state index in [9.17, 15) is 4.39 Å². The number of halogens is 2. The molecule has 0 aliphatic carbocycles. The zero-order valence-electron chi connectivity index (χ0n) is 9.00. The van der Waals surface area contributed by atoms with Gasteiger partial charge in [-0.15, -0.1) is 12.4 Å². The maximum absolute atomic E-state index is 13.0. The predicted octanol–water partition coefficient (Wildman–Crippen LogP) is 3.06. The standard InChI is InChI=1S/C11H16FNO.ClH/c1-3-4-10(13)9-7-8(12)5-6-11(9)14-2;/h5-7,10H,3-4,13H2,1-2H3;1H/t10-;/m0./s1. The zero-order chi connectivity index (χ0) is 10.6. The minimum atomic E-state index is -0.271. The Kier molecular flexibility index (Phi) is 6.29. The molecular formula is C11H17ClFNO. The van der Waals surface area contributed by atoms with Crippen molar-refractivity contribution in [3.8, 4) is 5.75 Å². The molecule has 0 heterocycles. The van der Waals surface area contributed by atoms with Crippen molar-refractivity contribution in [3.63, 3.8) is 0 Å². The molecule has 1 aromatic rings. The fourth-order valence-corrected chi connectivity index (χ4v) is 1.46. The third-order valence-electron chi connectivity index (χ3n) is 2.19. The number of nitrogens with two attached hydrogens (primary N) is 1. The molecule has 0 aromatic heterocycles. The number of hydrogen-bond acceptors (Lipinski definition) is 2. The summed E-state index contributed by atoms with van der Waals surface area (Å²) in [6.07, 6.45) is 1.81. The van der Waals surface area contributed by atoms with Crippen LogP contribution < -0.4 is 10.5 Å². The maximum atomic E-state index is 13.0. The molecule has 0 aliphatic rings. The molecule has 1 atom stereocenters. The van der Waals surface area contributed by atoms with Crippen molar-refractivity contribution >= 4 is 12.4 Å². The molecule has 2 nitrogen and oxygen atoms in total. The van der Waals surface area contributed by atoms with Crippen LogP contribution in [-0.2, 0) is 0 Å². The van der Waals surface area contributed by atoms with E-state index in [0.717, 1.165) is 18.4 Å². The van der Waals surface area contributed by atoms with Gasteiger partial charge >= 0.3 is 0 Å². The van der Waals surface area contributed by atoms with E-state index in [1.807, 2.05) is 6.92 Å². The Hall–Kier alpha value is -0.800. The van der Waals surface area contributed by atoms with E-state index in [1.54, 1.807) is 13.2 Å². The maximum Gasteiger partial charge on any atom is 0.123 e. The van der Waals surface area contributed by atoms with E-state index in [1.165, 1.54) is 12.1 Å². The van der Waals surface area contributed by atoms with E-state index in [0.29, 0.717) is 5.75 Å². The van der Waals surface area contributed by atoms with Gasteiger partial charge in [0, 0.05) is 11.6 Å². The van der Waals surface area contributed by atoms with E-state index >= 15 is 0 Å². The number of rotatable bonds is 4. The summed E-state index contributed by atoms with van der Waals surface area (Å²) in [4.78, 5) is 0. The largest absolute Gasteiger partial charge is 0.496 e. The Morgan fingerprint density at radius 2 is 2.13 bits per heavy atom. The van der Waals surface area contributed by atoms with Gasteiger partial charge in [0.2, 0.25) is 0 Å². The first kappa shape index (κ1) is 14.2. The topological polar surface area (TPSA) is 35.2 Å². The van der Waals surface area contributed by atoms with Crippen LogP contribution in [0.25, 0.3) is 0 Å². The summed E-state index contributed by atoms with van der Waals surface area (Å²) < 4.78 is 18.1. The molecule has 15 heavy (non-hydrogen) atoms. The van der Waals surface area contributed by atoms with Gasteiger partial charge in [-0.05, 0) is 24.6 Å². The Bertz CT molecular complexity index is 307. The molecule has 2 N–H and O–H groups in total. The highest BCUT2D eigenvalue weighted by molar-refractivity contribution is 5.85. The second kappa shape index (κ2) is 6.64. The molecule has 0 spiro atoms. The summed E-state index contributed by atoms with van der Waals surface area (Å²) >= 11 is 0. The van der Waals surface area contributed by atoms with Crippen molar-refractivity contribution in [1.82, 2.24) is 0 Å². The second-order valence-electron chi connectivity index (χ2n) is 3.28. The fraction of sp³-hybridized carbons (Fsp3) is 0.455. The van der Waals surface area contributed by atoms with E-state index < -0.39 is 0 Å². The van der Waals surface area contributed by atoms with Crippen LogP contribution in [0.15, 0.2) is 18.2 Å². The summed E-state index contributed by atoms with van der Waals surface area (Å²) in [5.41, 5.74) is 6.65. The van der Waals surface area contributed by atoms with Gasteiger partial charge in [-0.1, -0.05) is 13.3 Å². The van der Waals surface area contributed by atoms with Gasteiger partial charge in [-0.3, -0.25) is 0 Å². The fourth-order valence-electron chi connectivity index (χ4n) is 1.46. The van der Waals surface area contributed by atoms with Crippen LogP contribution in [0.2, 0.25) is 0 Å². The summed E-state index contributed by atoms with van der Waals surface area (Å²) in [7, 11) is 1.56. The van der Waals surface area contributed by atoms with Crippen molar-refractivity contribution in [3.05, 3.63) is 29.6 Å². The Morgan fingerprint density at radius 3 is 2.67 bits per heavy atom. The highest BCUT2D eigenvalue weighted by Crippen LogP contribution is 2.26. The number of hydrogen-bond donors (Lipinski definition) is 1. The molecule has 0 amide bonds. The van der Waals surface area contributed by atoms with Crippen LogP contribution in [0.5, 0.6) is 5.75 Å². The minimum Gasteiger partial charge on any atom is -0.496 e. The van der Waals surface area contributed by atoms with Crippen LogP contribution in [-0.4, -0.2) is 7.11 Å². The lowest BCUT2D eigenvalue weighted by Crippen LogP contribution is -2.11. The first-order chi connectivity index (χ1) is 6.69. The monoisotopic (exact) mass is 233 g/mol. The Morgan fingerprint density at radius 1 is 1.47 bits per heavy atom. The minimum absolute atomic E-state index is 0. The molecule has 4 heteroatoms. The van der Waals surface area contributed by atoms with Crippen LogP contribution in [0.1, 0.15) is 31.4 Å². The van der Waals surface area contributed by atoms with Crippen molar-refractivity contribution in [1.29, 1.82) is 0 Å². The highest BCUT2D eigenvalue weighted by Gasteiger charge is 2.11. The molecule has 0 bridgehead atoms. The SMILES string of the molecule is CCC[C@H](N)c1cc(F)ccc1OC.Cl. The molecule has 0 fully saturated rings. The number of methoxy groups -OCH3 is 1. The third kappa shape index (κ3) is 3.68. The zero-order valence-corrected chi connectivity index (χ0v) is 9.81. The van der Waals surface area contributed by atoms with E-state index in [4.69, 9.17) is 10.5 Å². The molecule has 0 unspecified atom stereocenters. The lowest BCUT2D eigenvalue weighted by Gasteiger charge is -2.14. The average Bonchev–Trinajstić information content (AvgIpc) is 2.18. The van der Waals surface area contributed by atoms with Crippen LogP contribution in [0, 0.1) is 5.82 Å². The van der Waals surface area contributed by atoms with E-state index in [2.05, 4.69) is 0 Å². The van der Waals surface area contributed by atoms with Gasteiger partial charge in [0.15, 0.2) is 0 Å². The molecule has 1 aromatic carbocycles. The summed E-state index contributed by atoms with van der Waals surface area (Å²) in [5.74, 6) is 0.389. The van der Waals surface area contributed by atoms with Crippen molar-refractivity contribution < 1.29 is 9.13 Å². The van der Waals surface area contributed by atoms with E-state index in [-0.39, 0.29) is 24.3 Å². The quantitative estimate of drug-likeness (QED) is 0.868. The molecular weight excluding hydrogens is 217 g/mol. The lowest BCUT2D eigenvalue weighted by molar-refractivity contribution is 0.402. The van der Waals surface area contributed by atoms with Crippen molar-refractivity contribution in [2.45, 2.75) is 25.8 Å². The average molecular weight is 234 g/mol. The normalized spacial score (nSPS) is 11.7. The first-order valence-corrected chi connectivity index (χ1v) is 4.78. The molecule has 86 valence electrons. The molecule has 0 saturated carbocycles. The molecule has 1 rings (SSSR count).